The van der Waals surface area contributed by atoms with Crippen molar-refractivity contribution in [3.63, 3.8) is 0 Å². The first kappa shape index (κ1) is 31.7. The van der Waals surface area contributed by atoms with E-state index in [2.05, 4.69) is 16.0 Å². The minimum atomic E-state index is -1.60. The Morgan fingerprint density at radius 2 is 1.21 bits per heavy atom. The highest BCUT2D eigenvalue weighted by atomic mass is 16.5. The van der Waals surface area contributed by atoms with E-state index in [0.29, 0.717) is 0 Å². The van der Waals surface area contributed by atoms with Crippen molar-refractivity contribution in [1.82, 2.24) is 25.6 Å². The van der Waals surface area contributed by atoms with Gasteiger partial charge in [0.15, 0.2) is 12.4 Å². The van der Waals surface area contributed by atoms with E-state index in [-0.39, 0.29) is 60.8 Å². The maximum absolute atomic E-state index is 12.5. The molecule has 0 aromatic carbocycles. The number of rotatable bonds is 12. The summed E-state index contributed by atoms with van der Waals surface area (Å²) < 4.78 is 2.54. The number of nitrogens with zero attached hydrogens (tertiary/aromatic N) is 4. The molecule has 2 aliphatic heterocycles. The molecule has 42 heavy (non-hydrogen) atoms. The summed E-state index contributed by atoms with van der Waals surface area (Å²) in [5.41, 5.74) is -1.26. The number of carbonyl (C=O) groups is 5. The van der Waals surface area contributed by atoms with Crippen molar-refractivity contribution in [3.8, 4) is 0 Å². The summed E-state index contributed by atoms with van der Waals surface area (Å²) in [5.74, 6) is -3.28. The van der Waals surface area contributed by atoms with Crippen LogP contribution in [0.25, 0.3) is 0 Å². The van der Waals surface area contributed by atoms with Crippen LogP contribution in [0, 0.1) is 0 Å². The summed E-state index contributed by atoms with van der Waals surface area (Å²) >= 11 is 0. The second-order valence-corrected chi connectivity index (χ2v) is 9.42. The molecular weight excluding hydrogens is 554 g/mol. The van der Waals surface area contributed by atoms with Crippen molar-refractivity contribution in [2.24, 2.45) is 0 Å². The van der Waals surface area contributed by atoms with Gasteiger partial charge in [0.25, 0.3) is 23.3 Å². The first-order valence-electron chi connectivity index (χ1n) is 12.9. The zero-order valence-corrected chi connectivity index (χ0v) is 23.0. The number of likely N-dealkylation sites (N-methyl/N-ethyl adjacent to an activating group) is 2. The van der Waals surface area contributed by atoms with Crippen molar-refractivity contribution < 1.29 is 48.5 Å². The summed E-state index contributed by atoms with van der Waals surface area (Å²) in [7, 11) is 2.90. The van der Waals surface area contributed by atoms with Crippen LogP contribution in [0.2, 0.25) is 0 Å². The van der Waals surface area contributed by atoms with Crippen molar-refractivity contribution in [2.45, 2.75) is 12.2 Å². The van der Waals surface area contributed by atoms with E-state index >= 15 is 0 Å². The smallest absolute Gasteiger partial charge is 0.420 e. The van der Waals surface area contributed by atoms with Gasteiger partial charge in [-0.15, -0.1) is 4.73 Å². The largest absolute Gasteiger partial charge is 0.425 e. The molecule has 2 unspecified atom stereocenters. The molecule has 0 saturated heterocycles. The van der Waals surface area contributed by atoms with Gasteiger partial charge in [-0.3, -0.25) is 24.1 Å². The number of hydrogen-bond acceptors (Lipinski definition) is 10. The second-order valence-electron chi connectivity index (χ2n) is 9.42. The molecule has 0 spiro atoms. The van der Waals surface area contributed by atoms with Gasteiger partial charge in [-0.1, -0.05) is 6.07 Å². The number of nitrogens with one attached hydrogen (secondary N) is 3. The number of aromatic nitrogens is 1. The average molecular weight is 588 g/mol. The van der Waals surface area contributed by atoms with Crippen LogP contribution >= 0.6 is 0 Å². The highest BCUT2D eigenvalue weighted by Gasteiger charge is 2.35. The quantitative estimate of drug-likeness (QED) is 0.102. The molecular formula is C26H33N7O9+2. The lowest BCUT2D eigenvalue weighted by Gasteiger charge is -2.23. The second kappa shape index (κ2) is 14.2. The maximum atomic E-state index is 12.5. The molecule has 6 N–H and O–H groups in total. The van der Waals surface area contributed by atoms with Gasteiger partial charge in [0, 0.05) is 57.5 Å². The van der Waals surface area contributed by atoms with E-state index in [1.165, 1.54) is 50.8 Å². The van der Waals surface area contributed by atoms with Crippen molar-refractivity contribution in [1.29, 1.82) is 0 Å². The molecule has 0 radical (unpaired) electrons. The van der Waals surface area contributed by atoms with E-state index in [0.717, 1.165) is 15.2 Å². The summed E-state index contributed by atoms with van der Waals surface area (Å²) in [4.78, 5) is 74.8. The number of carbonyl (C=O) groups excluding carboxylic acids is 5. The van der Waals surface area contributed by atoms with Gasteiger partial charge in [-0.25, -0.2) is 9.59 Å². The maximum Gasteiger partial charge on any atom is 0.420 e. The van der Waals surface area contributed by atoms with Crippen LogP contribution in [0.3, 0.4) is 0 Å². The predicted molar refractivity (Wildman–Crippen MR) is 145 cm³/mol. The Morgan fingerprint density at radius 1 is 0.786 bits per heavy atom. The van der Waals surface area contributed by atoms with Gasteiger partial charge in [-0.2, -0.15) is 9.15 Å². The van der Waals surface area contributed by atoms with Crippen molar-refractivity contribution in [3.05, 3.63) is 57.5 Å². The predicted octanol–water partition coefficient (Wildman–Crippen LogP) is -4.57. The van der Waals surface area contributed by atoms with E-state index in [1.807, 2.05) is 0 Å². The fourth-order valence-electron chi connectivity index (χ4n) is 4.03. The molecule has 3 heterocycles. The summed E-state index contributed by atoms with van der Waals surface area (Å²) in [6.07, 6.45) is 2.20. The van der Waals surface area contributed by atoms with Crippen LogP contribution in [0.15, 0.2) is 46.3 Å². The number of aliphatic hydroxyl groups excluding tert-OH is 2. The molecule has 0 saturated carbocycles. The number of allylic oxidation sites excluding steroid dienone is 2. The van der Waals surface area contributed by atoms with Crippen LogP contribution < -0.4 is 21.5 Å². The molecule has 5 amide bonds. The molecule has 2 atom stereocenters. The molecule has 16 heteroatoms. The van der Waals surface area contributed by atoms with Crippen LogP contribution in [0.5, 0.6) is 0 Å². The van der Waals surface area contributed by atoms with Gasteiger partial charge >= 0.3 is 11.8 Å². The topological polar surface area (TPSA) is 213 Å². The minimum absolute atomic E-state index is 0.0587. The summed E-state index contributed by atoms with van der Waals surface area (Å²) in [6, 6.07) is 3.68. The lowest BCUT2D eigenvalue weighted by atomic mass is 10.1. The Kier molecular flexibility index (Phi) is 10.7. The number of amides is 5. The zero-order valence-electron chi connectivity index (χ0n) is 23.0. The summed E-state index contributed by atoms with van der Waals surface area (Å²) in [6.45, 7) is 0.855. The van der Waals surface area contributed by atoms with Gasteiger partial charge < -0.3 is 31.4 Å². The van der Waals surface area contributed by atoms with Gasteiger partial charge in [-0.05, 0) is 6.07 Å². The van der Waals surface area contributed by atoms with Crippen molar-refractivity contribution in [2.75, 3.05) is 53.4 Å². The molecule has 0 aliphatic carbocycles. The first-order chi connectivity index (χ1) is 19.9. The number of aliphatic hydroxyl groups is 2. The normalized spacial score (nSPS) is 18.5. The molecule has 1 aromatic rings. The highest BCUT2D eigenvalue weighted by molar-refractivity contribution is 6.05. The van der Waals surface area contributed by atoms with Gasteiger partial charge in [0.2, 0.25) is 12.2 Å². The number of pyridine rings is 1. The lowest BCUT2D eigenvalue weighted by Crippen LogP contribution is -2.46. The van der Waals surface area contributed by atoms with Crippen LogP contribution in [0.1, 0.15) is 10.5 Å². The summed E-state index contributed by atoms with van der Waals surface area (Å²) in [5, 5.41) is 37.8. The highest BCUT2D eigenvalue weighted by Crippen LogP contribution is 2.08. The van der Waals surface area contributed by atoms with Gasteiger partial charge in [0.05, 0.1) is 11.1 Å². The molecule has 1 aromatic heterocycles. The third-order valence-corrected chi connectivity index (χ3v) is 6.54. The third-order valence-electron chi connectivity index (χ3n) is 6.54. The van der Waals surface area contributed by atoms with E-state index in [9.17, 15) is 44.2 Å². The Labute approximate surface area is 239 Å². The molecule has 3 rings (SSSR count). The monoisotopic (exact) mass is 587 g/mol. The molecule has 0 bridgehead atoms. The minimum Gasteiger partial charge on any atom is -0.425 e. The lowest BCUT2D eigenvalue weighted by molar-refractivity contribution is -0.420. The average Bonchev–Trinajstić information content (AvgIpc) is 2.95. The fourth-order valence-corrected chi connectivity index (χ4v) is 4.03. The van der Waals surface area contributed by atoms with Crippen molar-refractivity contribution >= 4 is 42.0 Å². The molecule has 2 aliphatic rings. The van der Waals surface area contributed by atoms with Crippen LogP contribution in [-0.4, -0.2) is 142 Å². The Hall–Kier alpha value is -4.80. The SMILES string of the molecule is C[N+]1=CC=C(C(=O)NCCN(CCNC(=O)C2=CC=[N+](C)C(=O)C2O)CCNC(=O)c2cccc(=O)n2O)C(O)C1=O. The molecule has 0 fully saturated rings. The number of hydrogen-bond donors (Lipinski definition) is 6. The third kappa shape index (κ3) is 7.68. The zero-order chi connectivity index (χ0) is 31.0. The molecule has 16 nitrogen and oxygen atoms in total. The van der Waals surface area contributed by atoms with Crippen LogP contribution in [-0.2, 0) is 19.2 Å². The first-order valence-corrected chi connectivity index (χ1v) is 12.9. The Balaban J connectivity index is 1.58. The standard InChI is InChI=1S/C26H31N7O9/c1-30-11-6-16(20(35)25(30)40)22(37)27-8-13-32(15-10-29-24(39)18-4-3-5-19(34)33(18)42)14-9-28-23(38)17-7-12-31(2)26(41)21(17)36/h3-7,11-12,20-21,35-36,42H,8-10,13-15H2,1-2H3,(H-2,27,28,29,37,38,39)/p+2. The Bertz CT molecular complexity index is 1390. The van der Waals surface area contributed by atoms with Gasteiger partial charge in [0.1, 0.15) is 19.8 Å². The Morgan fingerprint density at radius 3 is 1.67 bits per heavy atom. The van der Waals surface area contributed by atoms with E-state index in [1.54, 1.807) is 4.90 Å². The van der Waals surface area contributed by atoms with E-state index in [4.69, 9.17) is 0 Å². The molecule has 224 valence electrons. The van der Waals surface area contributed by atoms with Crippen LogP contribution in [0.4, 0.5) is 0 Å². The fraction of sp³-hybridized carbons (Fsp3) is 0.385. The van der Waals surface area contributed by atoms with E-state index < -0.39 is 47.3 Å².